The standard InChI is InChI=1S/C20H19F2N3O2/c1-4-5-13-6-7-14(8-16(13)21)19-24-18(11-26)12(2)25(19)15-9-17(22)20(27-3)23-10-15/h6-11H,4-5H2,1-3H3. The lowest BCUT2D eigenvalue weighted by Gasteiger charge is -2.12. The van der Waals surface area contributed by atoms with Gasteiger partial charge in [-0.05, 0) is 25.0 Å². The number of nitrogens with zero attached hydrogens (tertiary/aromatic N) is 3. The molecule has 1 aromatic carbocycles. The second-order valence-electron chi connectivity index (χ2n) is 6.10. The van der Waals surface area contributed by atoms with Crippen molar-refractivity contribution in [3.63, 3.8) is 0 Å². The first-order valence-corrected chi connectivity index (χ1v) is 8.53. The van der Waals surface area contributed by atoms with Gasteiger partial charge in [-0.15, -0.1) is 0 Å². The highest BCUT2D eigenvalue weighted by molar-refractivity contribution is 5.77. The number of carbonyl (C=O) groups is 1. The summed E-state index contributed by atoms with van der Waals surface area (Å²) in [6.07, 6.45) is 3.49. The molecule has 0 amide bonds. The van der Waals surface area contributed by atoms with Crippen molar-refractivity contribution >= 4 is 6.29 Å². The molecular weight excluding hydrogens is 352 g/mol. The van der Waals surface area contributed by atoms with Crippen molar-refractivity contribution < 1.29 is 18.3 Å². The summed E-state index contributed by atoms with van der Waals surface area (Å²) in [6, 6.07) is 6.07. The minimum Gasteiger partial charge on any atom is -0.479 e. The van der Waals surface area contributed by atoms with Crippen molar-refractivity contribution in [2.75, 3.05) is 7.11 Å². The van der Waals surface area contributed by atoms with Crippen molar-refractivity contribution in [2.24, 2.45) is 0 Å². The zero-order valence-corrected chi connectivity index (χ0v) is 15.3. The molecule has 0 fully saturated rings. The van der Waals surface area contributed by atoms with E-state index in [0.29, 0.717) is 41.0 Å². The van der Waals surface area contributed by atoms with Gasteiger partial charge in [0.05, 0.1) is 24.7 Å². The molecule has 3 rings (SSSR count). The Morgan fingerprint density at radius 2 is 2.00 bits per heavy atom. The number of halogens is 2. The van der Waals surface area contributed by atoms with Crippen molar-refractivity contribution in [3.8, 4) is 23.0 Å². The maximum Gasteiger partial charge on any atom is 0.250 e. The molecule has 5 nitrogen and oxygen atoms in total. The third-order valence-electron chi connectivity index (χ3n) is 4.33. The summed E-state index contributed by atoms with van der Waals surface area (Å²) in [5.74, 6) is -0.786. The number of ether oxygens (including phenoxy) is 1. The molecule has 0 saturated carbocycles. The molecule has 0 aliphatic rings. The lowest BCUT2D eigenvalue weighted by Crippen LogP contribution is -2.03. The fourth-order valence-corrected chi connectivity index (χ4v) is 2.99. The fraction of sp³-hybridized carbons (Fsp3) is 0.250. The molecule has 140 valence electrons. The highest BCUT2D eigenvalue weighted by Crippen LogP contribution is 2.28. The van der Waals surface area contributed by atoms with Crippen LogP contribution in [0.2, 0.25) is 0 Å². The second kappa shape index (κ2) is 7.65. The van der Waals surface area contributed by atoms with E-state index in [-0.39, 0.29) is 17.4 Å². The van der Waals surface area contributed by atoms with Crippen molar-refractivity contribution in [2.45, 2.75) is 26.7 Å². The normalized spacial score (nSPS) is 10.9. The molecule has 3 aromatic rings. The SMILES string of the molecule is CCCc1ccc(-c2nc(C=O)c(C)n2-c2cnc(OC)c(F)c2)cc1F. The monoisotopic (exact) mass is 371 g/mol. The van der Waals surface area contributed by atoms with Crippen molar-refractivity contribution in [3.05, 3.63) is 59.0 Å². The van der Waals surface area contributed by atoms with Gasteiger partial charge in [0.2, 0.25) is 5.88 Å². The van der Waals surface area contributed by atoms with Crippen LogP contribution in [-0.4, -0.2) is 27.9 Å². The number of imidazole rings is 1. The molecule has 0 saturated heterocycles. The predicted molar refractivity (Wildman–Crippen MR) is 97.4 cm³/mol. The molecule has 2 heterocycles. The topological polar surface area (TPSA) is 57.0 Å². The number of benzene rings is 1. The second-order valence-corrected chi connectivity index (χ2v) is 6.10. The lowest BCUT2D eigenvalue weighted by molar-refractivity contribution is 0.111. The highest BCUT2D eigenvalue weighted by Gasteiger charge is 2.19. The number of pyridine rings is 1. The summed E-state index contributed by atoms with van der Waals surface area (Å²) in [7, 11) is 1.32. The highest BCUT2D eigenvalue weighted by atomic mass is 19.1. The van der Waals surface area contributed by atoms with Crippen LogP contribution in [0.15, 0.2) is 30.5 Å². The van der Waals surface area contributed by atoms with Crippen LogP contribution >= 0.6 is 0 Å². The first-order valence-electron chi connectivity index (χ1n) is 8.53. The van der Waals surface area contributed by atoms with Crippen LogP contribution in [0.3, 0.4) is 0 Å². The lowest BCUT2D eigenvalue weighted by atomic mass is 10.1. The van der Waals surface area contributed by atoms with Crippen LogP contribution in [0.5, 0.6) is 5.88 Å². The molecule has 0 aliphatic heterocycles. The summed E-state index contributed by atoms with van der Waals surface area (Å²) in [6.45, 7) is 3.66. The summed E-state index contributed by atoms with van der Waals surface area (Å²) in [4.78, 5) is 19.6. The van der Waals surface area contributed by atoms with E-state index in [1.165, 1.54) is 25.4 Å². The molecule has 7 heteroatoms. The van der Waals surface area contributed by atoms with Gasteiger partial charge in [0, 0.05) is 11.6 Å². The minimum atomic E-state index is -0.647. The maximum absolute atomic E-state index is 14.4. The van der Waals surface area contributed by atoms with Crippen LogP contribution in [0.1, 0.15) is 35.1 Å². The Balaban J connectivity index is 2.18. The number of hydrogen-bond donors (Lipinski definition) is 0. The molecule has 0 aliphatic carbocycles. The fourth-order valence-electron chi connectivity index (χ4n) is 2.99. The third-order valence-corrected chi connectivity index (χ3v) is 4.33. The average Bonchev–Trinajstić information content (AvgIpc) is 3.00. The van der Waals surface area contributed by atoms with Crippen molar-refractivity contribution in [1.29, 1.82) is 0 Å². The molecule has 2 aromatic heterocycles. The maximum atomic E-state index is 14.4. The van der Waals surface area contributed by atoms with E-state index in [9.17, 15) is 13.6 Å². The van der Waals surface area contributed by atoms with Gasteiger partial charge in [0.25, 0.3) is 0 Å². The van der Waals surface area contributed by atoms with E-state index in [2.05, 4.69) is 9.97 Å². The number of hydrogen-bond acceptors (Lipinski definition) is 4. The number of methoxy groups -OCH3 is 1. The minimum absolute atomic E-state index is 0.136. The first kappa shape index (κ1) is 18.7. The van der Waals surface area contributed by atoms with Gasteiger partial charge in [-0.3, -0.25) is 9.36 Å². The Labute approximate surface area is 155 Å². The van der Waals surface area contributed by atoms with E-state index in [0.717, 1.165) is 6.42 Å². The number of aldehydes is 1. The van der Waals surface area contributed by atoms with Crippen LogP contribution in [-0.2, 0) is 6.42 Å². The van der Waals surface area contributed by atoms with E-state index in [1.807, 2.05) is 6.92 Å². The van der Waals surface area contributed by atoms with Gasteiger partial charge in [-0.2, -0.15) is 0 Å². The third kappa shape index (κ3) is 3.45. The number of aryl methyl sites for hydroxylation is 1. The van der Waals surface area contributed by atoms with E-state index < -0.39 is 5.82 Å². The van der Waals surface area contributed by atoms with E-state index >= 15 is 0 Å². The van der Waals surface area contributed by atoms with Crippen LogP contribution < -0.4 is 4.74 Å². The Morgan fingerprint density at radius 3 is 2.59 bits per heavy atom. The summed E-state index contributed by atoms with van der Waals surface area (Å²) in [5, 5.41) is 0. The van der Waals surface area contributed by atoms with Gasteiger partial charge in [-0.25, -0.2) is 18.7 Å². The van der Waals surface area contributed by atoms with Gasteiger partial charge in [0.15, 0.2) is 12.1 Å². The van der Waals surface area contributed by atoms with E-state index in [1.54, 1.807) is 23.6 Å². The summed E-state index contributed by atoms with van der Waals surface area (Å²) < 4.78 is 35.0. The predicted octanol–water partition coefficient (Wildman–Crippen LogP) is 4.29. The molecule has 0 spiro atoms. The Kier molecular flexibility index (Phi) is 5.30. The van der Waals surface area contributed by atoms with Crippen LogP contribution in [0.4, 0.5) is 8.78 Å². The van der Waals surface area contributed by atoms with Crippen molar-refractivity contribution in [1.82, 2.24) is 14.5 Å². The quantitative estimate of drug-likeness (QED) is 0.607. The molecule has 0 N–H and O–H groups in total. The van der Waals surface area contributed by atoms with Crippen LogP contribution in [0, 0.1) is 18.6 Å². The molecular formula is C20H19F2N3O2. The molecule has 0 unspecified atom stereocenters. The Hall–Kier alpha value is -3.09. The molecule has 0 atom stereocenters. The largest absolute Gasteiger partial charge is 0.479 e. The van der Waals surface area contributed by atoms with Crippen LogP contribution in [0.25, 0.3) is 17.1 Å². The molecule has 27 heavy (non-hydrogen) atoms. The number of rotatable bonds is 6. The first-order chi connectivity index (χ1) is 13.0. The molecule has 0 radical (unpaired) electrons. The Bertz CT molecular complexity index is 999. The summed E-state index contributed by atoms with van der Waals surface area (Å²) in [5.41, 5.74) is 2.16. The molecule has 0 bridgehead atoms. The summed E-state index contributed by atoms with van der Waals surface area (Å²) >= 11 is 0. The number of carbonyl (C=O) groups excluding carboxylic acids is 1. The average molecular weight is 371 g/mol. The van der Waals surface area contributed by atoms with Gasteiger partial charge < -0.3 is 4.74 Å². The van der Waals surface area contributed by atoms with Gasteiger partial charge in [0.1, 0.15) is 17.3 Å². The zero-order chi connectivity index (χ0) is 19.6. The van der Waals surface area contributed by atoms with E-state index in [4.69, 9.17) is 4.74 Å². The Morgan fingerprint density at radius 1 is 1.22 bits per heavy atom. The smallest absolute Gasteiger partial charge is 0.250 e. The van der Waals surface area contributed by atoms with Gasteiger partial charge >= 0.3 is 0 Å². The number of aromatic nitrogens is 3. The zero-order valence-electron chi connectivity index (χ0n) is 15.3. The van der Waals surface area contributed by atoms with Gasteiger partial charge in [-0.1, -0.05) is 25.5 Å².